The van der Waals surface area contributed by atoms with Crippen LogP contribution in [0.25, 0.3) is 99.4 Å². The summed E-state index contributed by atoms with van der Waals surface area (Å²) in [5.41, 5.74) is 11.6. The van der Waals surface area contributed by atoms with E-state index in [9.17, 15) is 0 Å². The van der Waals surface area contributed by atoms with E-state index in [0.29, 0.717) is 5.89 Å². The normalized spacial score (nSPS) is 11.9. The van der Waals surface area contributed by atoms with Gasteiger partial charge < -0.3 is 13.6 Å². The third-order valence-electron chi connectivity index (χ3n) is 10.4. The molecule has 11 aromatic rings. The first-order valence-corrected chi connectivity index (χ1v) is 17.3. The van der Waals surface area contributed by atoms with Gasteiger partial charge in [0.05, 0.1) is 27.8 Å². The van der Waals surface area contributed by atoms with Gasteiger partial charge in [0.1, 0.15) is 5.52 Å². The van der Waals surface area contributed by atoms with Gasteiger partial charge in [0.2, 0.25) is 5.89 Å². The van der Waals surface area contributed by atoms with E-state index in [4.69, 9.17) is 9.40 Å². The predicted octanol–water partition coefficient (Wildman–Crippen LogP) is 12.5. The number of benzene rings is 8. The first-order valence-electron chi connectivity index (χ1n) is 17.3. The minimum absolute atomic E-state index is 0.602. The van der Waals surface area contributed by atoms with E-state index < -0.39 is 0 Å². The van der Waals surface area contributed by atoms with Gasteiger partial charge >= 0.3 is 0 Å². The number of para-hydroxylation sites is 4. The molecule has 51 heavy (non-hydrogen) atoms. The summed E-state index contributed by atoms with van der Waals surface area (Å²) in [4.78, 5) is 5.19. The Hall–Kier alpha value is -6.91. The summed E-state index contributed by atoms with van der Waals surface area (Å²) in [5.74, 6) is 0.602. The molecule has 8 aromatic carbocycles. The zero-order valence-electron chi connectivity index (χ0n) is 27.5. The highest BCUT2D eigenvalue weighted by Gasteiger charge is 2.22. The summed E-state index contributed by atoms with van der Waals surface area (Å²) < 4.78 is 11.4. The fourth-order valence-electron chi connectivity index (χ4n) is 8.14. The molecular formula is C47H29N3O. The molecule has 0 unspecified atom stereocenters. The first-order chi connectivity index (χ1) is 25.3. The summed E-state index contributed by atoms with van der Waals surface area (Å²) >= 11 is 0. The second-order valence-electron chi connectivity index (χ2n) is 13.1. The Balaban J connectivity index is 1.18. The lowest BCUT2D eigenvalue weighted by Crippen LogP contribution is -2.00. The number of aromatic nitrogens is 3. The topological polar surface area (TPSA) is 35.9 Å². The van der Waals surface area contributed by atoms with Gasteiger partial charge in [0.15, 0.2) is 5.58 Å². The minimum Gasteiger partial charge on any atom is -0.436 e. The maximum absolute atomic E-state index is 6.63. The zero-order chi connectivity index (χ0) is 33.5. The van der Waals surface area contributed by atoms with Gasteiger partial charge in [-0.2, -0.15) is 0 Å². The molecule has 4 heteroatoms. The summed E-state index contributed by atoms with van der Waals surface area (Å²) in [5, 5.41) is 7.17. The molecule has 0 saturated carbocycles. The summed E-state index contributed by atoms with van der Waals surface area (Å²) in [6, 6.07) is 62.5. The third-order valence-corrected chi connectivity index (χ3v) is 10.4. The summed E-state index contributed by atoms with van der Waals surface area (Å²) in [6.45, 7) is 0. The maximum Gasteiger partial charge on any atom is 0.228 e. The van der Waals surface area contributed by atoms with Crippen molar-refractivity contribution in [3.05, 3.63) is 176 Å². The Morgan fingerprint density at radius 3 is 1.55 bits per heavy atom. The Bertz CT molecular complexity index is 3030. The van der Waals surface area contributed by atoms with Gasteiger partial charge in [-0.05, 0) is 65.5 Å². The van der Waals surface area contributed by atoms with Crippen LogP contribution in [0.4, 0.5) is 0 Å². The molecule has 3 heterocycles. The SMILES string of the molecule is c1cc(-c2nc3c(ccc4ccccc43)o2)c(-c2ccc(-n3c4ccccc4c4ccccc43)cc2)c(-n2c3ccccc3c3ccccc32)c1. The highest BCUT2D eigenvalue weighted by atomic mass is 16.3. The van der Waals surface area contributed by atoms with E-state index >= 15 is 0 Å². The standard InChI is InChI=1S/C47H29N3O/c1-2-13-33-30(12-1)26-29-44-46(33)48-47(51-44)38-18-11-23-43(50-41-21-9-5-16-36(41)37-17-6-10-22-42(37)50)45(38)31-24-27-32(28-25-31)49-39-19-7-3-14-34(39)35-15-4-8-20-40(35)49/h1-29H. The molecule has 4 nitrogen and oxygen atoms in total. The Labute approximate surface area is 293 Å². The number of fused-ring (bicyclic) bond motifs is 9. The van der Waals surface area contributed by atoms with Crippen LogP contribution in [0.1, 0.15) is 0 Å². The van der Waals surface area contributed by atoms with Crippen LogP contribution >= 0.6 is 0 Å². The lowest BCUT2D eigenvalue weighted by molar-refractivity contribution is 0.620. The van der Waals surface area contributed by atoms with Gasteiger partial charge in [-0.1, -0.05) is 121 Å². The van der Waals surface area contributed by atoms with Crippen LogP contribution in [0.5, 0.6) is 0 Å². The summed E-state index contributed by atoms with van der Waals surface area (Å²) in [7, 11) is 0. The van der Waals surface area contributed by atoms with Crippen LogP contribution in [-0.4, -0.2) is 14.1 Å². The lowest BCUT2D eigenvalue weighted by Gasteiger charge is -2.17. The van der Waals surface area contributed by atoms with Crippen molar-refractivity contribution in [2.45, 2.75) is 0 Å². The van der Waals surface area contributed by atoms with Gasteiger partial charge in [0.25, 0.3) is 0 Å². The molecule has 0 bridgehead atoms. The van der Waals surface area contributed by atoms with Crippen LogP contribution in [0.3, 0.4) is 0 Å². The minimum atomic E-state index is 0.602. The molecule has 0 aliphatic carbocycles. The van der Waals surface area contributed by atoms with Crippen LogP contribution in [-0.2, 0) is 0 Å². The van der Waals surface area contributed by atoms with Crippen molar-refractivity contribution >= 4 is 65.5 Å². The quantitative estimate of drug-likeness (QED) is 0.190. The van der Waals surface area contributed by atoms with Gasteiger partial charge in [-0.15, -0.1) is 0 Å². The van der Waals surface area contributed by atoms with Crippen LogP contribution < -0.4 is 0 Å². The molecule has 0 amide bonds. The average molecular weight is 652 g/mol. The Morgan fingerprint density at radius 2 is 0.941 bits per heavy atom. The smallest absolute Gasteiger partial charge is 0.228 e. The molecule has 0 radical (unpaired) electrons. The van der Waals surface area contributed by atoms with Crippen molar-refractivity contribution in [1.29, 1.82) is 0 Å². The second kappa shape index (κ2) is 10.8. The van der Waals surface area contributed by atoms with Gasteiger partial charge in [-0.25, -0.2) is 4.98 Å². The van der Waals surface area contributed by atoms with E-state index in [0.717, 1.165) is 61.0 Å². The van der Waals surface area contributed by atoms with E-state index in [2.05, 4.69) is 179 Å². The number of rotatable bonds is 4. The van der Waals surface area contributed by atoms with Crippen molar-refractivity contribution in [2.75, 3.05) is 0 Å². The summed E-state index contributed by atoms with van der Waals surface area (Å²) in [6.07, 6.45) is 0. The highest BCUT2D eigenvalue weighted by molar-refractivity contribution is 6.11. The van der Waals surface area contributed by atoms with Crippen LogP contribution in [0.2, 0.25) is 0 Å². The van der Waals surface area contributed by atoms with Gasteiger partial charge in [-0.3, -0.25) is 0 Å². The molecule has 0 fully saturated rings. The Kier molecular flexibility index (Phi) is 5.92. The van der Waals surface area contributed by atoms with Crippen LogP contribution in [0.15, 0.2) is 180 Å². The molecule has 238 valence electrons. The van der Waals surface area contributed by atoms with E-state index in [1.165, 1.54) is 32.6 Å². The molecule has 0 saturated heterocycles. The number of oxazole rings is 1. The fraction of sp³-hybridized carbons (Fsp3) is 0. The first kappa shape index (κ1) is 28.0. The molecule has 3 aromatic heterocycles. The predicted molar refractivity (Wildman–Crippen MR) is 211 cm³/mol. The molecule has 0 N–H and O–H groups in total. The van der Waals surface area contributed by atoms with Crippen molar-refractivity contribution < 1.29 is 4.42 Å². The highest BCUT2D eigenvalue weighted by Crippen LogP contribution is 2.42. The lowest BCUT2D eigenvalue weighted by atomic mass is 9.96. The number of hydrogen-bond donors (Lipinski definition) is 0. The molecule has 11 rings (SSSR count). The monoisotopic (exact) mass is 651 g/mol. The van der Waals surface area contributed by atoms with Crippen molar-refractivity contribution in [1.82, 2.24) is 14.1 Å². The number of nitrogens with zero attached hydrogens (tertiary/aromatic N) is 3. The van der Waals surface area contributed by atoms with Crippen molar-refractivity contribution in [3.63, 3.8) is 0 Å². The largest absolute Gasteiger partial charge is 0.436 e. The van der Waals surface area contributed by atoms with E-state index in [1.807, 2.05) is 6.07 Å². The average Bonchev–Trinajstić information content (AvgIpc) is 3.89. The molecule has 0 spiro atoms. The van der Waals surface area contributed by atoms with Crippen molar-refractivity contribution in [3.8, 4) is 34.0 Å². The second-order valence-corrected chi connectivity index (χ2v) is 13.1. The molecule has 0 aliphatic heterocycles. The molecule has 0 atom stereocenters. The Morgan fingerprint density at radius 1 is 0.412 bits per heavy atom. The zero-order valence-corrected chi connectivity index (χ0v) is 27.5. The maximum atomic E-state index is 6.63. The molecule has 0 aliphatic rings. The third kappa shape index (κ3) is 4.11. The fourth-order valence-corrected chi connectivity index (χ4v) is 8.14. The van der Waals surface area contributed by atoms with Crippen LogP contribution in [0, 0.1) is 0 Å². The van der Waals surface area contributed by atoms with E-state index in [1.54, 1.807) is 0 Å². The van der Waals surface area contributed by atoms with Gasteiger partial charge in [0, 0.05) is 43.7 Å². The number of hydrogen-bond acceptors (Lipinski definition) is 2. The van der Waals surface area contributed by atoms with Crippen molar-refractivity contribution in [2.24, 2.45) is 0 Å². The van der Waals surface area contributed by atoms with E-state index in [-0.39, 0.29) is 0 Å². The molecular weight excluding hydrogens is 623 g/mol.